The highest BCUT2D eigenvalue weighted by Crippen LogP contribution is 2.44. The van der Waals surface area contributed by atoms with Crippen molar-refractivity contribution in [2.45, 2.75) is 78.7 Å². The van der Waals surface area contributed by atoms with Crippen LogP contribution in [-0.4, -0.2) is 52.7 Å². The van der Waals surface area contributed by atoms with E-state index in [0.29, 0.717) is 22.3 Å². The van der Waals surface area contributed by atoms with E-state index in [9.17, 15) is 27.1 Å². The number of aliphatic carboxylic acids is 1. The summed E-state index contributed by atoms with van der Waals surface area (Å²) in [5, 5.41) is 10.2. The molecule has 4 rings (SSSR count). The van der Waals surface area contributed by atoms with Gasteiger partial charge < -0.3 is 9.84 Å². The quantitative estimate of drug-likeness (QED) is 0.554. The number of fused-ring (bicyclic) bond motifs is 1. The highest BCUT2D eigenvalue weighted by atomic mass is 32.2. The summed E-state index contributed by atoms with van der Waals surface area (Å²) in [5.41, 5.74) is 5.12. The summed E-state index contributed by atoms with van der Waals surface area (Å²) in [5.74, 6) is -4.19. The first kappa shape index (κ1) is 27.6. The van der Waals surface area contributed by atoms with Crippen LogP contribution in [0, 0.1) is 20.8 Å². The Morgan fingerprint density at radius 2 is 1.59 bits per heavy atom. The molecule has 1 fully saturated rings. The second-order valence-corrected chi connectivity index (χ2v) is 13.0. The maximum absolute atomic E-state index is 13.8. The van der Waals surface area contributed by atoms with Crippen molar-refractivity contribution in [2.24, 2.45) is 0 Å². The molecule has 1 unspecified atom stereocenters. The number of halogens is 2. The van der Waals surface area contributed by atoms with Gasteiger partial charge in [0.15, 0.2) is 6.10 Å². The first-order valence-corrected chi connectivity index (χ1v) is 13.7. The second-order valence-electron chi connectivity index (χ2n) is 11.0. The maximum atomic E-state index is 13.8. The summed E-state index contributed by atoms with van der Waals surface area (Å²) in [6.45, 7) is 9.89. The van der Waals surface area contributed by atoms with Crippen molar-refractivity contribution in [3.8, 4) is 11.1 Å². The van der Waals surface area contributed by atoms with Crippen molar-refractivity contribution >= 4 is 16.2 Å². The number of benzene rings is 2. The van der Waals surface area contributed by atoms with Crippen LogP contribution in [0.4, 0.5) is 8.78 Å². The number of carboxylic acid groups (broad SMARTS) is 1. The van der Waals surface area contributed by atoms with E-state index in [0.717, 1.165) is 26.6 Å². The van der Waals surface area contributed by atoms with E-state index < -0.39 is 46.8 Å². The Morgan fingerprint density at radius 1 is 1.03 bits per heavy atom. The summed E-state index contributed by atoms with van der Waals surface area (Å²) in [7, 11) is -4.13. The monoisotopic (exact) mass is 536 g/mol. The molecule has 0 aromatic heterocycles. The molecule has 0 aliphatic carbocycles. The Labute approximate surface area is 217 Å². The molecule has 2 aromatic rings. The molecular weight excluding hydrogens is 502 g/mol. The molecule has 2 aliphatic rings. The lowest BCUT2D eigenvalue weighted by Gasteiger charge is -2.30. The van der Waals surface area contributed by atoms with Gasteiger partial charge in [-0.25, -0.2) is 13.6 Å². The van der Waals surface area contributed by atoms with Crippen molar-refractivity contribution in [1.29, 1.82) is 0 Å². The van der Waals surface area contributed by atoms with Gasteiger partial charge >= 0.3 is 5.97 Å². The summed E-state index contributed by atoms with van der Waals surface area (Å²) in [4.78, 5) is 12.5. The molecular formula is C27H34F2N2O5S. The summed E-state index contributed by atoms with van der Waals surface area (Å²) >= 11 is 0. The maximum Gasteiger partial charge on any atom is 0.337 e. The van der Waals surface area contributed by atoms with Crippen LogP contribution < -0.4 is 0 Å². The Bertz CT molecular complexity index is 1330. The van der Waals surface area contributed by atoms with Crippen molar-refractivity contribution in [3.05, 3.63) is 57.6 Å². The number of aryl methyl sites for hydroxylation is 1. The van der Waals surface area contributed by atoms with Gasteiger partial charge in [0.2, 0.25) is 0 Å². The Hall–Kier alpha value is -2.40. The third-order valence-electron chi connectivity index (χ3n) is 7.07. The number of carbonyl (C=O) groups is 1. The molecule has 2 aliphatic heterocycles. The van der Waals surface area contributed by atoms with Gasteiger partial charge in [-0.2, -0.15) is 17.0 Å². The third kappa shape index (κ3) is 5.30. The molecule has 0 radical (unpaired) electrons. The number of ether oxygens (including phenoxy) is 1. The Kier molecular flexibility index (Phi) is 7.03. The lowest BCUT2D eigenvalue weighted by Crippen LogP contribution is -2.41. The van der Waals surface area contributed by atoms with E-state index in [4.69, 9.17) is 4.74 Å². The number of carboxylic acids is 1. The second kappa shape index (κ2) is 9.41. The van der Waals surface area contributed by atoms with Crippen molar-refractivity contribution in [3.63, 3.8) is 0 Å². The molecule has 0 saturated carbocycles. The van der Waals surface area contributed by atoms with Crippen LogP contribution in [0.5, 0.6) is 0 Å². The molecule has 1 N–H and O–H groups in total. The molecule has 1 saturated heterocycles. The first-order valence-electron chi connectivity index (χ1n) is 12.3. The number of rotatable bonds is 6. The fraction of sp³-hybridized carbons (Fsp3) is 0.519. The Morgan fingerprint density at radius 3 is 2.08 bits per heavy atom. The van der Waals surface area contributed by atoms with Gasteiger partial charge in [-0.05, 0) is 74.9 Å². The summed E-state index contributed by atoms with van der Waals surface area (Å²) in [6, 6.07) is 7.70. The van der Waals surface area contributed by atoms with Gasteiger partial charge in [0.25, 0.3) is 16.1 Å². The number of hydrogen-bond acceptors (Lipinski definition) is 4. The van der Waals surface area contributed by atoms with E-state index >= 15 is 0 Å². The van der Waals surface area contributed by atoms with Gasteiger partial charge in [0.05, 0.1) is 12.1 Å². The van der Waals surface area contributed by atoms with Crippen molar-refractivity contribution < 1.29 is 31.8 Å². The van der Waals surface area contributed by atoms with Crippen LogP contribution in [-0.2, 0) is 32.8 Å². The van der Waals surface area contributed by atoms with Crippen LogP contribution in [0.1, 0.15) is 66.7 Å². The van der Waals surface area contributed by atoms with E-state index in [1.54, 1.807) is 27.7 Å². The van der Waals surface area contributed by atoms with Crippen molar-refractivity contribution in [1.82, 2.24) is 8.61 Å². The largest absolute Gasteiger partial charge is 0.479 e. The third-order valence-corrected chi connectivity index (χ3v) is 8.95. The molecule has 10 heteroatoms. The van der Waals surface area contributed by atoms with Gasteiger partial charge in [-0.15, -0.1) is 0 Å². The van der Waals surface area contributed by atoms with Gasteiger partial charge in [0.1, 0.15) is 0 Å². The van der Waals surface area contributed by atoms with E-state index in [-0.39, 0.29) is 19.6 Å². The molecule has 202 valence electrons. The van der Waals surface area contributed by atoms with Gasteiger partial charge in [-0.1, -0.05) is 29.8 Å². The number of nitrogens with zero attached hydrogens (tertiary/aromatic N) is 2. The molecule has 0 amide bonds. The molecule has 0 spiro atoms. The van der Waals surface area contributed by atoms with E-state index in [1.807, 2.05) is 38.1 Å². The number of alkyl halides is 2. The minimum absolute atomic E-state index is 0.0184. The molecule has 37 heavy (non-hydrogen) atoms. The summed E-state index contributed by atoms with van der Waals surface area (Å²) < 4.78 is 62.4. The molecule has 1 atom stereocenters. The highest BCUT2D eigenvalue weighted by molar-refractivity contribution is 7.86. The molecule has 7 nitrogen and oxygen atoms in total. The number of hydrogen-bond donors (Lipinski definition) is 1. The van der Waals surface area contributed by atoms with E-state index in [1.165, 1.54) is 4.31 Å². The topological polar surface area (TPSA) is 87.1 Å². The lowest BCUT2D eigenvalue weighted by molar-refractivity contribution is -0.160. The highest BCUT2D eigenvalue weighted by Gasteiger charge is 2.47. The average molecular weight is 537 g/mol. The normalized spacial score (nSPS) is 19.2. The molecule has 2 aromatic carbocycles. The van der Waals surface area contributed by atoms with Crippen LogP contribution in [0.3, 0.4) is 0 Å². The van der Waals surface area contributed by atoms with Crippen LogP contribution in [0.15, 0.2) is 24.3 Å². The minimum atomic E-state index is -4.13. The van der Waals surface area contributed by atoms with Gasteiger partial charge in [0, 0.05) is 31.6 Å². The first-order chi connectivity index (χ1) is 17.0. The molecule has 2 heterocycles. The predicted octanol–water partition coefficient (Wildman–Crippen LogP) is 5.12. The Balaban J connectivity index is 1.88. The summed E-state index contributed by atoms with van der Waals surface area (Å²) in [6.07, 6.45) is -1.79. The fourth-order valence-corrected chi connectivity index (χ4v) is 6.81. The zero-order valence-electron chi connectivity index (χ0n) is 22.1. The standard InChI is InChI=1S/C27H34F2N2O5S/c1-16-7-9-19(10-8-16)22-17(2)20-13-31(37(34,35)30-12-11-27(28,29)15-30)14-21(20)18(3)23(22)24(25(32)33)36-26(4,5)6/h7-10,24H,11-15H2,1-6H3,(H,32,33). The SMILES string of the molecule is Cc1ccc(-c2c(C)c3c(c(C)c2C(OC(C)(C)C)C(=O)O)CN(S(=O)(=O)N2CCC(F)(F)C2)C3)cc1. The average Bonchev–Trinajstić information content (AvgIpc) is 3.39. The van der Waals surface area contributed by atoms with E-state index in [2.05, 4.69) is 0 Å². The zero-order chi connectivity index (χ0) is 27.5. The van der Waals surface area contributed by atoms with Gasteiger partial charge in [-0.3, -0.25) is 0 Å². The lowest BCUT2D eigenvalue weighted by atomic mass is 9.83. The predicted molar refractivity (Wildman–Crippen MR) is 137 cm³/mol. The smallest absolute Gasteiger partial charge is 0.337 e. The van der Waals surface area contributed by atoms with Crippen LogP contribution >= 0.6 is 0 Å². The van der Waals surface area contributed by atoms with Crippen molar-refractivity contribution in [2.75, 3.05) is 13.1 Å². The van der Waals surface area contributed by atoms with Crippen LogP contribution in [0.25, 0.3) is 11.1 Å². The minimum Gasteiger partial charge on any atom is -0.479 e. The van der Waals surface area contributed by atoms with Crippen LogP contribution in [0.2, 0.25) is 0 Å². The fourth-order valence-electron chi connectivity index (χ4n) is 5.23. The molecule has 0 bridgehead atoms. The zero-order valence-corrected chi connectivity index (χ0v) is 22.9.